The van der Waals surface area contributed by atoms with Gasteiger partial charge < -0.3 is 9.47 Å². The Labute approximate surface area is 63.5 Å². The lowest BCUT2D eigenvalue weighted by atomic mass is 10.0. The van der Waals surface area contributed by atoms with Crippen LogP contribution in [-0.4, -0.2) is 26.9 Å². The van der Waals surface area contributed by atoms with Crippen LogP contribution in [0.3, 0.4) is 0 Å². The van der Waals surface area contributed by atoms with Crippen molar-refractivity contribution in [3.63, 3.8) is 0 Å². The van der Waals surface area contributed by atoms with Gasteiger partial charge in [0.25, 0.3) is 0 Å². The summed E-state index contributed by atoms with van der Waals surface area (Å²) in [4.78, 5) is 0. The molecule has 0 unspecified atom stereocenters. The molecule has 2 atom stereocenters. The van der Waals surface area contributed by atoms with Gasteiger partial charge in [-0.3, -0.25) is 0 Å². The van der Waals surface area contributed by atoms with Gasteiger partial charge in [0.15, 0.2) is 0 Å². The fraction of sp³-hybridized carbons (Fsp3) is 1.00. The number of hydrogen-bond donors (Lipinski definition) is 0. The van der Waals surface area contributed by atoms with E-state index in [-0.39, 0.29) is 0 Å². The summed E-state index contributed by atoms with van der Waals surface area (Å²) in [5, 5.41) is 0. The van der Waals surface area contributed by atoms with Gasteiger partial charge in [0.2, 0.25) is 0 Å². The first kappa shape index (κ1) is 9.92. The van der Waals surface area contributed by atoms with E-state index in [1.807, 2.05) is 0 Å². The first-order valence-corrected chi connectivity index (χ1v) is 3.78. The van der Waals surface area contributed by atoms with E-state index < -0.39 is 0 Å². The van der Waals surface area contributed by atoms with Gasteiger partial charge >= 0.3 is 0 Å². The summed E-state index contributed by atoms with van der Waals surface area (Å²) in [6.07, 6.45) is 1.42. The molecule has 10 heavy (non-hydrogen) atoms. The van der Waals surface area contributed by atoms with Crippen LogP contribution in [0.2, 0.25) is 0 Å². The van der Waals surface area contributed by atoms with E-state index in [0.29, 0.717) is 12.0 Å². The van der Waals surface area contributed by atoms with Gasteiger partial charge in [-0.2, -0.15) is 0 Å². The maximum atomic E-state index is 5.18. The van der Waals surface area contributed by atoms with E-state index in [4.69, 9.17) is 9.47 Å². The number of methoxy groups -OCH3 is 2. The van der Waals surface area contributed by atoms with Gasteiger partial charge in [0.1, 0.15) is 0 Å². The van der Waals surface area contributed by atoms with Crippen molar-refractivity contribution in [1.82, 2.24) is 0 Å². The van der Waals surface area contributed by atoms with Crippen molar-refractivity contribution >= 4 is 0 Å². The molecule has 2 heteroatoms. The zero-order chi connectivity index (χ0) is 7.98. The lowest BCUT2D eigenvalue weighted by Crippen LogP contribution is -2.22. The molecule has 0 saturated carbocycles. The molecular formula is C8H18O2. The second-order valence-electron chi connectivity index (χ2n) is 2.56. The molecule has 0 spiro atoms. The highest BCUT2D eigenvalue weighted by molar-refractivity contribution is 4.62. The Morgan fingerprint density at radius 3 is 2.20 bits per heavy atom. The summed E-state index contributed by atoms with van der Waals surface area (Å²) in [6, 6.07) is 0. The Morgan fingerprint density at radius 2 is 1.90 bits per heavy atom. The molecule has 0 rings (SSSR count). The molecule has 0 saturated heterocycles. The van der Waals surface area contributed by atoms with E-state index in [2.05, 4.69) is 13.8 Å². The SMILES string of the molecule is CC[C@@H](COC)[C@H](C)OC. The molecule has 0 aromatic carbocycles. The van der Waals surface area contributed by atoms with Gasteiger partial charge in [-0.15, -0.1) is 0 Å². The summed E-state index contributed by atoms with van der Waals surface area (Å²) < 4.78 is 10.2. The monoisotopic (exact) mass is 146 g/mol. The molecule has 0 aromatic rings. The molecule has 0 N–H and O–H groups in total. The summed E-state index contributed by atoms with van der Waals surface area (Å²) in [7, 11) is 3.47. The summed E-state index contributed by atoms with van der Waals surface area (Å²) in [6.45, 7) is 5.03. The molecule has 2 nitrogen and oxygen atoms in total. The fourth-order valence-corrected chi connectivity index (χ4v) is 0.992. The Morgan fingerprint density at radius 1 is 1.30 bits per heavy atom. The first-order valence-electron chi connectivity index (χ1n) is 3.78. The molecular weight excluding hydrogens is 128 g/mol. The van der Waals surface area contributed by atoms with Crippen molar-refractivity contribution in [3.8, 4) is 0 Å². The predicted molar refractivity (Wildman–Crippen MR) is 42.1 cm³/mol. The quantitative estimate of drug-likeness (QED) is 0.587. The lowest BCUT2D eigenvalue weighted by molar-refractivity contribution is 0.0242. The van der Waals surface area contributed by atoms with Crippen molar-refractivity contribution in [2.75, 3.05) is 20.8 Å². The van der Waals surface area contributed by atoms with E-state index in [1.165, 1.54) is 0 Å². The topological polar surface area (TPSA) is 18.5 Å². The molecule has 62 valence electrons. The van der Waals surface area contributed by atoms with Crippen LogP contribution in [0, 0.1) is 5.92 Å². The van der Waals surface area contributed by atoms with Gasteiger partial charge in [0.05, 0.1) is 12.7 Å². The minimum absolute atomic E-state index is 0.310. The van der Waals surface area contributed by atoms with E-state index in [0.717, 1.165) is 13.0 Å². The molecule has 0 fully saturated rings. The minimum Gasteiger partial charge on any atom is -0.384 e. The molecule has 0 bridgehead atoms. The molecule has 0 aromatic heterocycles. The van der Waals surface area contributed by atoms with Crippen LogP contribution in [0.5, 0.6) is 0 Å². The average molecular weight is 146 g/mol. The lowest BCUT2D eigenvalue weighted by Gasteiger charge is -2.19. The molecule has 0 radical (unpaired) electrons. The Balaban J connectivity index is 3.56. The standard InChI is InChI=1S/C8H18O2/c1-5-8(6-9-3)7(2)10-4/h7-8H,5-6H2,1-4H3/t7-,8-/m0/s1. The van der Waals surface area contributed by atoms with Crippen LogP contribution in [0.4, 0.5) is 0 Å². The zero-order valence-electron chi connectivity index (χ0n) is 7.39. The maximum Gasteiger partial charge on any atom is 0.0593 e. The highest BCUT2D eigenvalue weighted by Gasteiger charge is 2.13. The maximum absolute atomic E-state index is 5.18. The van der Waals surface area contributed by atoms with Crippen molar-refractivity contribution in [2.24, 2.45) is 5.92 Å². The van der Waals surface area contributed by atoms with Crippen molar-refractivity contribution in [3.05, 3.63) is 0 Å². The van der Waals surface area contributed by atoms with Crippen molar-refractivity contribution in [2.45, 2.75) is 26.4 Å². The van der Waals surface area contributed by atoms with Crippen LogP contribution in [0.1, 0.15) is 20.3 Å². The predicted octanol–water partition coefficient (Wildman–Crippen LogP) is 1.69. The van der Waals surface area contributed by atoms with Crippen molar-refractivity contribution < 1.29 is 9.47 Å². The molecule has 0 aliphatic rings. The third-order valence-electron chi connectivity index (χ3n) is 1.94. The average Bonchev–Trinajstić information content (AvgIpc) is 1.99. The first-order chi connectivity index (χ1) is 4.76. The second kappa shape index (κ2) is 5.69. The van der Waals surface area contributed by atoms with Gasteiger partial charge in [0, 0.05) is 20.1 Å². The number of rotatable bonds is 5. The van der Waals surface area contributed by atoms with Gasteiger partial charge in [-0.1, -0.05) is 6.92 Å². The van der Waals surface area contributed by atoms with Gasteiger partial charge in [-0.05, 0) is 13.3 Å². The number of hydrogen-bond acceptors (Lipinski definition) is 2. The molecule has 0 heterocycles. The Bertz CT molecular complexity index is 73.7. The largest absolute Gasteiger partial charge is 0.384 e. The number of ether oxygens (including phenoxy) is 2. The third-order valence-corrected chi connectivity index (χ3v) is 1.94. The van der Waals surface area contributed by atoms with Crippen LogP contribution in [-0.2, 0) is 9.47 Å². The van der Waals surface area contributed by atoms with Crippen LogP contribution < -0.4 is 0 Å². The van der Waals surface area contributed by atoms with Crippen LogP contribution in [0.25, 0.3) is 0 Å². The fourth-order valence-electron chi connectivity index (χ4n) is 0.992. The van der Waals surface area contributed by atoms with E-state index >= 15 is 0 Å². The van der Waals surface area contributed by atoms with Gasteiger partial charge in [-0.25, -0.2) is 0 Å². The minimum atomic E-state index is 0.310. The summed E-state index contributed by atoms with van der Waals surface area (Å²) in [5.41, 5.74) is 0. The zero-order valence-corrected chi connectivity index (χ0v) is 7.39. The normalized spacial score (nSPS) is 16.8. The van der Waals surface area contributed by atoms with E-state index in [9.17, 15) is 0 Å². The third kappa shape index (κ3) is 3.18. The van der Waals surface area contributed by atoms with E-state index in [1.54, 1.807) is 14.2 Å². The van der Waals surface area contributed by atoms with Crippen LogP contribution >= 0.6 is 0 Å². The Hall–Kier alpha value is -0.0800. The smallest absolute Gasteiger partial charge is 0.0593 e. The molecule has 0 aliphatic carbocycles. The highest BCUT2D eigenvalue weighted by atomic mass is 16.5. The van der Waals surface area contributed by atoms with Crippen LogP contribution in [0.15, 0.2) is 0 Å². The highest BCUT2D eigenvalue weighted by Crippen LogP contribution is 2.10. The summed E-state index contributed by atoms with van der Waals surface area (Å²) in [5.74, 6) is 0.537. The molecule has 0 amide bonds. The summed E-state index contributed by atoms with van der Waals surface area (Å²) >= 11 is 0. The molecule has 0 aliphatic heterocycles. The van der Waals surface area contributed by atoms with Crippen molar-refractivity contribution in [1.29, 1.82) is 0 Å². The second-order valence-corrected chi connectivity index (χ2v) is 2.56. The Kier molecular flexibility index (Phi) is 5.64.